The maximum absolute atomic E-state index is 12.1. The van der Waals surface area contributed by atoms with Gasteiger partial charge in [-0.3, -0.25) is 14.3 Å². The third-order valence-corrected chi connectivity index (χ3v) is 4.01. The summed E-state index contributed by atoms with van der Waals surface area (Å²) in [6, 6.07) is 0. The molecular weight excluding hydrogens is 276 g/mol. The number of thioether (sulfide) groups is 1. The van der Waals surface area contributed by atoms with Crippen LogP contribution in [0.4, 0.5) is 0 Å². The second-order valence-electron chi connectivity index (χ2n) is 4.49. The normalized spacial score (nSPS) is 11.1. The van der Waals surface area contributed by atoms with Gasteiger partial charge in [0.05, 0.1) is 0 Å². The number of rotatable bonds is 6. The molecule has 1 N–H and O–H groups in total. The second-order valence-corrected chi connectivity index (χ2v) is 5.48. The number of hydrogen-bond donors (Lipinski definition) is 1. The molecule has 2 rings (SSSR count). The Kier molecular flexibility index (Phi) is 4.49. The Bertz CT molecular complexity index is 741. The monoisotopic (exact) mass is 294 g/mol. The van der Waals surface area contributed by atoms with Gasteiger partial charge in [-0.2, -0.15) is 0 Å². The molecule has 0 radical (unpaired) electrons. The molecule has 0 aliphatic heterocycles. The Morgan fingerprint density at radius 3 is 2.85 bits per heavy atom. The fourth-order valence-corrected chi connectivity index (χ4v) is 2.74. The van der Waals surface area contributed by atoms with Crippen molar-refractivity contribution in [3.63, 3.8) is 0 Å². The lowest BCUT2D eigenvalue weighted by atomic mass is 10.3. The van der Waals surface area contributed by atoms with E-state index in [1.807, 2.05) is 4.57 Å². The molecule has 0 spiro atoms. The van der Waals surface area contributed by atoms with Crippen LogP contribution in [-0.4, -0.2) is 24.9 Å². The SMILES string of the molecule is C=CCSc1nc2c(c(=O)[nH]c(=O)n2C)n1CCCC. The summed E-state index contributed by atoms with van der Waals surface area (Å²) in [7, 11) is 1.61. The Morgan fingerprint density at radius 2 is 2.20 bits per heavy atom. The summed E-state index contributed by atoms with van der Waals surface area (Å²) >= 11 is 1.51. The lowest BCUT2D eigenvalue weighted by Crippen LogP contribution is -2.29. The number of imidazole rings is 1. The van der Waals surface area contributed by atoms with Gasteiger partial charge in [-0.1, -0.05) is 31.2 Å². The van der Waals surface area contributed by atoms with E-state index in [1.54, 1.807) is 13.1 Å². The van der Waals surface area contributed by atoms with Crippen molar-refractivity contribution >= 4 is 22.9 Å². The van der Waals surface area contributed by atoms with Crippen LogP contribution in [0, 0.1) is 0 Å². The first-order valence-electron chi connectivity index (χ1n) is 6.53. The standard InChI is InChI=1S/C13H18N4O2S/c1-4-6-7-17-9-10(14-13(17)20-8-5-2)16(3)12(19)15-11(9)18/h5H,2,4,6-8H2,1,3H3,(H,15,18,19). The molecule has 0 aliphatic carbocycles. The molecule has 0 aliphatic rings. The molecule has 6 nitrogen and oxygen atoms in total. The van der Waals surface area contributed by atoms with E-state index >= 15 is 0 Å². The lowest BCUT2D eigenvalue weighted by molar-refractivity contribution is 0.600. The van der Waals surface area contributed by atoms with E-state index in [-0.39, 0.29) is 5.56 Å². The van der Waals surface area contributed by atoms with E-state index in [2.05, 4.69) is 23.5 Å². The number of nitrogens with zero attached hydrogens (tertiary/aromatic N) is 3. The Hall–Kier alpha value is -1.76. The first-order chi connectivity index (χ1) is 9.60. The number of fused-ring (bicyclic) bond motifs is 1. The van der Waals surface area contributed by atoms with Crippen LogP contribution in [0.3, 0.4) is 0 Å². The van der Waals surface area contributed by atoms with Crippen molar-refractivity contribution in [2.24, 2.45) is 7.05 Å². The van der Waals surface area contributed by atoms with Crippen molar-refractivity contribution in [2.45, 2.75) is 31.5 Å². The minimum Gasteiger partial charge on any atom is -0.313 e. The molecule has 2 heterocycles. The molecule has 0 saturated carbocycles. The van der Waals surface area contributed by atoms with Gasteiger partial charge in [-0.05, 0) is 6.42 Å². The van der Waals surface area contributed by atoms with Crippen LogP contribution in [0.15, 0.2) is 27.4 Å². The number of aromatic amines is 1. The summed E-state index contributed by atoms with van der Waals surface area (Å²) in [6.07, 6.45) is 3.77. The molecule has 0 aromatic carbocycles. The van der Waals surface area contributed by atoms with E-state index < -0.39 is 5.69 Å². The maximum Gasteiger partial charge on any atom is 0.329 e. The van der Waals surface area contributed by atoms with Crippen molar-refractivity contribution in [1.82, 2.24) is 19.1 Å². The van der Waals surface area contributed by atoms with Crippen molar-refractivity contribution in [1.29, 1.82) is 0 Å². The van der Waals surface area contributed by atoms with Crippen molar-refractivity contribution < 1.29 is 0 Å². The van der Waals surface area contributed by atoms with Gasteiger partial charge in [0, 0.05) is 19.3 Å². The summed E-state index contributed by atoms with van der Waals surface area (Å²) in [6.45, 7) is 6.50. The summed E-state index contributed by atoms with van der Waals surface area (Å²) in [5.41, 5.74) is 0.0774. The zero-order valence-corrected chi connectivity index (χ0v) is 12.5. The van der Waals surface area contributed by atoms with Crippen LogP contribution < -0.4 is 11.2 Å². The third-order valence-electron chi connectivity index (χ3n) is 3.04. The summed E-state index contributed by atoms with van der Waals surface area (Å²) in [4.78, 5) is 30.5. The minimum absolute atomic E-state index is 0.378. The van der Waals surface area contributed by atoms with E-state index in [0.29, 0.717) is 23.5 Å². The Labute approximate surface area is 120 Å². The molecule has 108 valence electrons. The highest BCUT2D eigenvalue weighted by Crippen LogP contribution is 2.22. The summed E-state index contributed by atoms with van der Waals surface area (Å²) < 4.78 is 3.27. The van der Waals surface area contributed by atoms with Gasteiger partial charge in [0.2, 0.25) is 0 Å². The van der Waals surface area contributed by atoms with Crippen molar-refractivity contribution in [3.8, 4) is 0 Å². The molecule has 0 amide bonds. The largest absolute Gasteiger partial charge is 0.329 e. The van der Waals surface area contributed by atoms with E-state index in [0.717, 1.165) is 18.0 Å². The predicted octanol–water partition coefficient (Wildman–Crippen LogP) is 1.50. The van der Waals surface area contributed by atoms with Gasteiger partial charge in [-0.25, -0.2) is 9.78 Å². The molecule has 0 unspecified atom stereocenters. The fraction of sp³-hybridized carbons (Fsp3) is 0.462. The van der Waals surface area contributed by atoms with Gasteiger partial charge >= 0.3 is 5.69 Å². The number of nitrogens with one attached hydrogen (secondary N) is 1. The molecule has 2 aromatic heterocycles. The maximum atomic E-state index is 12.1. The summed E-state index contributed by atoms with van der Waals surface area (Å²) in [5, 5.41) is 0.750. The fourth-order valence-electron chi connectivity index (χ4n) is 1.98. The first-order valence-corrected chi connectivity index (χ1v) is 7.52. The molecular formula is C13H18N4O2S. The van der Waals surface area contributed by atoms with Crippen LogP contribution in [0.25, 0.3) is 11.2 Å². The second kappa shape index (κ2) is 6.13. The van der Waals surface area contributed by atoms with Crippen molar-refractivity contribution in [3.05, 3.63) is 33.5 Å². The third kappa shape index (κ3) is 2.58. The zero-order valence-electron chi connectivity index (χ0n) is 11.7. The predicted molar refractivity (Wildman–Crippen MR) is 81.4 cm³/mol. The number of hydrogen-bond acceptors (Lipinski definition) is 4. The molecule has 0 saturated heterocycles. The van der Waals surface area contributed by atoms with Crippen LogP contribution >= 0.6 is 11.8 Å². The molecule has 7 heteroatoms. The molecule has 0 fully saturated rings. The number of H-pyrrole nitrogens is 1. The average molecular weight is 294 g/mol. The number of aryl methyl sites for hydroxylation is 2. The van der Waals surface area contributed by atoms with Gasteiger partial charge in [0.15, 0.2) is 16.3 Å². The van der Waals surface area contributed by atoms with Crippen LogP contribution in [0.1, 0.15) is 19.8 Å². The zero-order chi connectivity index (χ0) is 14.7. The summed E-state index contributed by atoms with van der Waals surface area (Å²) in [5.74, 6) is 0.710. The van der Waals surface area contributed by atoms with E-state index in [9.17, 15) is 9.59 Å². The molecule has 20 heavy (non-hydrogen) atoms. The number of unbranched alkanes of at least 4 members (excludes halogenated alkanes) is 1. The molecule has 2 aromatic rings. The topological polar surface area (TPSA) is 72.7 Å². The average Bonchev–Trinajstić information content (AvgIpc) is 2.79. The lowest BCUT2D eigenvalue weighted by Gasteiger charge is -2.06. The highest BCUT2D eigenvalue weighted by atomic mass is 32.2. The van der Waals surface area contributed by atoms with Crippen molar-refractivity contribution in [2.75, 3.05) is 5.75 Å². The highest BCUT2D eigenvalue weighted by molar-refractivity contribution is 7.99. The quantitative estimate of drug-likeness (QED) is 0.647. The van der Waals surface area contributed by atoms with E-state index in [1.165, 1.54) is 16.3 Å². The van der Waals surface area contributed by atoms with Gasteiger partial charge in [0.1, 0.15) is 0 Å². The smallest absolute Gasteiger partial charge is 0.313 e. The minimum atomic E-state index is -0.442. The van der Waals surface area contributed by atoms with Crippen LogP contribution in [-0.2, 0) is 13.6 Å². The van der Waals surface area contributed by atoms with Crippen LogP contribution in [0.2, 0.25) is 0 Å². The highest BCUT2D eigenvalue weighted by Gasteiger charge is 2.16. The number of aromatic nitrogens is 4. The molecule has 0 atom stereocenters. The van der Waals surface area contributed by atoms with E-state index in [4.69, 9.17) is 0 Å². The van der Waals surface area contributed by atoms with Gasteiger partial charge < -0.3 is 4.57 Å². The Balaban J connectivity index is 2.68. The molecule has 0 bridgehead atoms. The van der Waals surface area contributed by atoms with Crippen LogP contribution in [0.5, 0.6) is 0 Å². The van der Waals surface area contributed by atoms with Gasteiger partial charge in [-0.15, -0.1) is 6.58 Å². The van der Waals surface area contributed by atoms with Gasteiger partial charge in [0.25, 0.3) is 5.56 Å². The first kappa shape index (κ1) is 14.6. The Morgan fingerprint density at radius 1 is 1.45 bits per heavy atom.